The zero-order valence-corrected chi connectivity index (χ0v) is 12.2. The molecule has 22 heavy (non-hydrogen) atoms. The predicted molar refractivity (Wildman–Crippen MR) is 79.9 cm³/mol. The summed E-state index contributed by atoms with van der Waals surface area (Å²) in [5.41, 5.74) is 6.25. The van der Waals surface area contributed by atoms with Gasteiger partial charge in [-0.15, -0.1) is 0 Å². The summed E-state index contributed by atoms with van der Waals surface area (Å²) in [5.74, 6) is -0.198. The molecule has 1 aliphatic heterocycles. The van der Waals surface area contributed by atoms with E-state index in [-0.39, 0.29) is 24.8 Å². The molecule has 118 valence electrons. The SMILES string of the molecule is COc1cc(C(=O)NCCN)ccc1N1CCC(=O)NC1=O. The quantitative estimate of drug-likeness (QED) is 0.699. The standard InChI is InChI=1S/C14H18N4O4/c1-22-11-8-9(13(20)16-6-5-15)2-3-10(11)18-7-4-12(19)17-14(18)21/h2-3,8H,4-7,15H2,1H3,(H,16,20)(H,17,19,21). The summed E-state index contributed by atoms with van der Waals surface area (Å²) in [6, 6.07) is 4.25. The Hall–Kier alpha value is -2.61. The number of urea groups is 1. The summed E-state index contributed by atoms with van der Waals surface area (Å²) in [6.45, 7) is 0.988. The van der Waals surface area contributed by atoms with Crippen LogP contribution in [-0.2, 0) is 4.79 Å². The normalized spacial score (nSPS) is 14.5. The van der Waals surface area contributed by atoms with Gasteiger partial charge in [0, 0.05) is 31.6 Å². The lowest BCUT2D eigenvalue weighted by Gasteiger charge is -2.28. The summed E-state index contributed by atoms with van der Waals surface area (Å²) >= 11 is 0. The fourth-order valence-corrected chi connectivity index (χ4v) is 2.12. The number of carbonyl (C=O) groups excluding carboxylic acids is 3. The molecule has 1 aromatic carbocycles. The van der Waals surface area contributed by atoms with Gasteiger partial charge in [0.2, 0.25) is 5.91 Å². The van der Waals surface area contributed by atoms with Crippen molar-refractivity contribution in [3.05, 3.63) is 23.8 Å². The van der Waals surface area contributed by atoms with Crippen molar-refractivity contribution in [3.63, 3.8) is 0 Å². The first-order chi connectivity index (χ1) is 10.6. The first-order valence-corrected chi connectivity index (χ1v) is 6.84. The van der Waals surface area contributed by atoms with Crippen LogP contribution in [0.25, 0.3) is 0 Å². The Balaban J connectivity index is 2.24. The largest absolute Gasteiger partial charge is 0.495 e. The van der Waals surface area contributed by atoms with E-state index in [1.807, 2.05) is 0 Å². The molecule has 0 aliphatic carbocycles. The minimum Gasteiger partial charge on any atom is -0.495 e. The van der Waals surface area contributed by atoms with Crippen molar-refractivity contribution in [1.29, 1.82) is 0 Å². The molecule has 0 unspecified atom stereocenters. The monoisotopic (exact) mass is 306 g/mol. The highest BCUT2D eigenvalue weighted by Crippen LogP contribution is 2.30. The smallest absolute Gasteiger partial charge is 0.328 e. The molecule has 1 aliphatic rings. The Morgan fingerprint density at radius 1 is 1.45 bits per heavy atom. The topological polar surface area (TPSA) is 114 Å². The van der Waals surface area contributed by atoms with Gasteiger partial charge in [-0.05, 0) is 18.2 Å². The van der Waals surface area contributed by atoms with Gasteiger partial charge < -0.3 is 15.8 Å². The number of nitrogens with one attached hydrogen (secondary N) is 2. The van der Waals surface area contributed by atoms with Crippen molar-refractivity contribution < 1.29 is 19.1 Å². The molecule has 8 nitrogen and oxygen atoms in total. The minimum absolute atomic E-state index is 0.216. The first-order valence-electron chi connectivity index (χ1n) is 6.84. The van der Waals surface area contributed by atoms with Gasteiger partial charge in [-0.1, -0.05) is 0 Å². The molecule has 0 bridgehead atoms. The molecule has 0 radical (unpaired) electrons. The second-order valence-electron chi connectivity index (χ2n) is 4.69. The Morgan fingerprint density at radius 2 is 2.23 bits per heavy atom. The van der Waals surface area contributed by atoms with Crippen LogP contribution in [0.15, 0.2) is 18.2 Å². The van der Waals surface area contributed by atoms with Gasteiger partial charge >= 0.3 is 6.03 Å². The van der Waals surface area contributed by atoms with Crippen molar-refractivity contribution in [2.24, 2.45) is 5.73 Å². The predicted octanol–water partition coefficient (Wildman–Crippen LogP) is -0.170. The summed E-state index contributed by atoms with van der Waals surface area (Å²) in [5, 5.41) is 4.90. The molecule has 1 heterocycles. The molecule has 1 saturated heterocycles. The molecule has 4 N–H and O–H groups in total. The van der Waals surface area contributed by atoms with Gasteiger partial charge in [0.25, 0.3) is 5.91 Å². The molecule has 4 amide bonds. The summed E-state index contributed by atoms with van der Waals surface area (Å²) in [7, 11) is 1.45. The van der Waals surface area contributed by atoms with E-state index < -0.39 is 6.03 Å². The zero-order valence-electron chi connectivity index (χ0n) is 12.2. The van der Waals surface area contributed by atoms with E-state index >= 15 is 0 Å². The number of amides is 4. The van der Waals surface area contributed by atoms with Crippen LogP contribution in [0, 0.1) is 0 Å². The lowest BCUT2D eigenvalue weighted by Crippen LogP contribution is -2.49. The van der Waals surface area contributed by atoms with Crippen molar-refractivity contribution in [1.82, 2.24) is 10.6 Å². The maximum atomic E-state index is 11.9. The van der Waals surface area contributed by atoms with Crippen LogP contribution in [0.3, 0.4) is 0 Å². The number of nitrogens with zero attached hydrogens (tertiary/aromatic N) is 1. The van der Waals surface area contributed by atoms with Crippen LogP contribution in [0.2, 0.25) is 0 Å². The number of rotatable bonds is 5. The molecular weight excluding hydrogens is 288 g/mol. The summed E-state index contributed by atoms with van der Waals surface area (Å²) < 4.78 is 5.26. The summed E-state index contributed by atoms with van der Waals surface area (Å²) in [4.78, 5) is 36.4. The van der Waals surface area contributed by atoms with Gasteiger partial charge in [-0.3, -0.25) is 19.8 Å². The molecule has 0 atom stereocenters. The van der Waals surface area contributed by atoms with E-state index in [0.717, 1.165) is 0 Å². The van der Waals surface area contributed by atoms with E-state index in [0.29, 0.717) is 30.1 Å². The molecule has 8 heteroatoms. The van der Waals surface area contributed by atoms with Crippen molar-refractivity contribution in [2.45, 2.75) is 6.42 Å². The second-order valence-corrected chi connectivity index (χ2v) is 4.69. The van der Waals surface area contributed by atoms with E-state index in [9.17, 15) is 14.4 Å². The average Bonchev–Trinajstić information content (AvgIpc) is 2.52. The van der Waals surface area contributed by atoms with E-state index in [4.69, 9.17) is 10.5 Å². The van der Waals surface area contributed by atoms with Crippen LogP contribution in [0.4, 0.5) is 10.5 Å². The Labute approximate surface area is 127 Å². The van der Waals surface area contributed by atoms with Crippen LogP contribution in [0.1, 0.15) is 16.8 Å². The fraction of sp³-hybridized carbons (Fsp3) is 0.357. The van der Waals surface area contributed by atoms with Crippen LogP contribution >= 0.6 is 0 Å². The lowest BCUT2D eigenvalue weighted by molar-refractivity contribution is -0.120. The number of benzene rings is 1. The molecule has 1 aromatic rings. The van der Waals surface area contributed by atoms with Crippen LogP contribution in [-0.4, -0.2) is 44.6 Å². The maximum absolute atomic E-state index is 11.9. The molecule has 2 rings (SSSR count). The maximum Gasteiger partial charge on any atom is 0.328 e. The average molecular weight is 306 g/mol. The van der Waals surface area contributed by atoms with E-state index in [2.05, 4.69) is 10.6 Å². The summed E-state index contributed by atoms with van der Waals surface area (Å²) in [6.07, 6.45) is 0.216. The number of methoxy groups -OCH3 is 1. The number of anilines is 1. The highest BCUT2D eigenvalue weighted by molar-refractivity contribution is 6.06. The lowest BCUT2D eigenvalue weighted by atomic mass is 10.1. The number of imide groups is 1. The van der Waals surface area contributed by atoms with Gasteiger partial charge in [-0.2, -0.15) is 0 Å². The third-order valence-electron chi connectivity index (χ3n) is 3.22. The zero-order chi connectivity index (χ0) is 16.1. The minimum atomic E-state index is -0.505. The van der Waals surface area contributed by atoms with E-state index in [1.54, 1.807) is 18.2 Å². The highest BCUT2D eigenvalue weighted by Gasteiger charge is 2.26. The Kier molecular flexibility index (Phi) is 4.95. The van der Waals surface area contributed by atoms with Gasteiger partial charge in [0.1, 0.15) is 5.75 Å². The fourth-order valence-electron chi connectivity index (χ4n) is 2.12. The number of hydrogen-bond donors (Lipinski definition) is 3. The number of carbonyl (C=O) groups is 3. The van der Waals surface area contributed by atoms with Gasteiger partial charge in [0.05, 0.1) is 12.8 Å². The number of ether oxygens (including phenoxy) is 1. The Bertz CT molecular complexity index is 603. The molecule has 1 fully saturated rings. The molecule has 0 aromatic heterocycles. The van der Waals surface area contributed by atoms with Gasteiger partial charge in [-0.25, -0.2) is 4.79 Å². The molecular formula is C14H18N4O4. The first kappa shape index (κ1) is 15.8. The third-order valence-corrected chi connectivity index (χ3v) is 3.22. The number of nitrogens with two attached hydrogens (primary N) is 1. The van der Waals surface area contributed by atoms with Crippen molar-refractivity contribution >= 4 is 23.5 Å². The van der Waals surface area contributed by atoms with E-state index in [1.165, 1.54) is 12.0 Å². The van der Waals surface area contributed by atoms with Crippen LogP contribution < -0.4 is 26.0 Å². The van der Waals surface area contributed by atoms with Crippen molar-refractivity contribution in [3.8, 4) is 5.75 Å². The number of hydrogen-bond acceptors (Lipinski definition) is 5. The van der Waals surface area contributed by atoms with Crippen LogP contribution in [0.5, 0.6) is 5.75 Å². The van der Waals surface area contributed by atoms with Gasteiger partial charge in [0.15, 0.2) is 0 Å². The Morgan fingerprint density at radius 3 is 2.86 bits per heavy atom. The van der Waals surface area contributed by atoms with Crippen molar-refractivity contribution in [2.75, 3.05) is 31.6 Å². The third kappa shape index (κ3) is 3.34. The molecule has 0 spiro atoms. The second kappa shape index (κ2) is 6.90. The highest BCUT2D eigenvalue weighted by atomic mass is 16.5. The molecule has 0 saturated carbocycles.